The number of amides is 1. The van der Waals surface area contributed by atoms with Crippen molar-refractivity contribution in [3.63, 3.8) is 0 Å². The molecule has 1 aliphatic heterocycles. The van der Waals surface area contributed by atoms with Crippen molar-refractivity contribution in [3.05, 3.63) is 22.4 Å². The predicted octanol–water partition coefficient (Wildman–Crippen LogP) is 1.57. The highest BCUT2D eigenvalue weighted by Crippen LogP contribution is 2.08. The third-order valence-electron chi connectivity index (χ3n) is 2.66. The van der Waals surface area contributed by atoms with E-state index in [0.717, 1.165) is 18.0 Å². The van der Waals surface area contributed by atoms with Gasteiger partial charge in [-0.15, -0.1) is 11.3 Å². The van der Waals surface area contributed by atoms with Gasteiger partial charge in [-0.3, -0.25) is 4.79 Å². The summed E-state index contributed by atoms with van der Waals surface area (Å²) in [5.74, 6) is 0.0594. The van der Waals surface area contributed by atoms with Crippen LogP contribution in [0.3, 0.4) is 0 Å². The summed E-state index contributed by atoms with van der Waals surface area (Å²) in [5, 5.41) is 4.87. The highest BCUT2D eigenvalue weighted by Gasteiger charge is 2.11. The van der Waals surface area contributed by atoms with Crippen LogP contribution in [0.15, 0.2) is 17.5 Å². The molecule has 82 valence electrons. The van der Waals surface area contributed by atoms with Crippen LogP contribution in [0.2, 0.25) is 0 Å². The fourth-order valence-corrected chi connectivity index (χ4v) is 2.47. The highest BCUT2D eigenvalue weighted by molar-refractivity contribution is 7.12. The molecule has 2 heterocycles. The summed E-state index contributed by atoms with van der Waals surface area (Å²) in [7, 11) is 0. The van der Waals surface area contributed by atoms with Crippen molar-refractivity contribution in [3.8, 4) is 0 Å². The van der Waals surface area contributed by atoms with Gasteiger partial charge >= 0.3 is 0 Å². The van der Waals surface area contributed by atoms with Crippen LogP contribution in [0.25, 0.3) is 0 Å². The Labute approximate surface area is 94.1 Å². The van der Waals surface area contributed by atoms with Gasteiger partial charge in [0.05, 0.1) is 4.88 Å². The number of carbonyl (C=O) groups excluding carboxylic acids is 1. The average molecular weight is 224 g/mol. The van der Waals surface area contributed by atoms with Gasteiger partial charge in [0, 0.05) is 13.1 Å². The molecule has 0 spiro atoms. The smallest absolute Gasteiger partial charge is 0.261 e. The Balaban J connectivity index is 1.67. The summed E-state index contributed by atoms with van der Waals surface area (Å²) < 4.78 is 0. The Hall–Kier alpha value is -0.870. The number of hydrogen-bond acceptors (Lipinski definition) is 3. The lowest BCUT2D eigenvalue weighted by Crippen LogP contribution is -2.33. The molecule has 1 aromatic rings. The zero-order chi connectivity index (χ0) is 10.5. The average Bonchev–Trinajstić information content (AvgIpc) is 2.90. The molecule has 2 rings (SSSR count). The zero-order valence-electron chi connectivity index (χ0n) is 8.74. The Morgan fingerprint density at radius 1 is 1.47 bits per heavy atom. The van der Waals surface area contributed by atoms with Crippen LogP contribution < -0.4 is 5.32 Å². The van der Waals surface area contributed by atoms with Gasteiger partial charge in [0.15, 0.2) is 0 Å². The van der Waals surface area contributed by atoms with Gasteiger partial charge < -0.3 is 10.2 Å². The summed E-state index contributed by atoms with van der Waals surface area (Å²) >= 11 is 1.49. The second-order valence-electron chi connectivity index (χ2n) is 3.78. The largest absolute Gasteiger partial charge is 0.350 e. The number of hydrogen-bond donors (Lipinski definition) is 1. The number of thiophene rings is 1. The summed E-state index contributed by atoms with van der Waals surface area (Å²) in [6, 6.07) is 3.76. The number of nitrogens with one attached hydrogen (secondary N) is 1. The second kappa shape index (κ2) is 5.28. The van der Waals surface area contributed by atoms with Crippen molar-refractivity contribution in [2.45, 2.75) is 12.8 Å². The molecule has 15 heavy (non-hydrogen) atoms. The van der Waals surface area contributed by atoms with Crippen molar-refractivity contribution < 1.29 is 4.79 Å². The van der Waals surface area contributed by atoms with E-state index in [9.17, 15) is 4.79 Å². The molecule has 1 fully saturated rings. The zero-order valence-corrected chi connectivity index (χ0v) is 9.55. The van der Waals surface area contributed by atoms with Gasteiger partial charge in [0.1, 0.15) is 0 Å². The Morgan fingerprint density at radius 2 is 2.27 bits per heavy atom. The first-order chi connectivity index (χ1) is 7.36. The molecule has 1 saturated heterocycles. The molecule has 0 aromatic carbocycles. The lowest BCUT2D eigenvalue weighted by Gasteiger charge is -2.14. The van der Waals surface area contributed by atoms with Crippen molar-refractivity contribution in [1.82, 2.24) is 10.2 Å². The van der Waals surface area contributed by atoms with E-state index >= 15 is 0 Å². The van der Waals surface area contributed by atoms with Gasteiger partial charge in [-0.1, -0.05) is 6.07 Å². The van der Waals surface area contributed by atoms with Crippen LogP contribution in [0.5, 0.6) is 0 Å². The minimum Gasteiger partial charge on any atom is -0.350 e. The molecule has 0 saturated carbocycles. The third-order valence-corrected chi connectivity index (χ3v) is 3.53. The van der Waals surface area contributed by atoms with E-state index in [-0.39, 0.29) is 5.91 Å². The summed E-state index contributed by atoms with van der Waals surface area (Å²) in [6.07, 6.45) is 2.61. The van der Waals surface area contributed by atoms with Crippen molar-refractivity contribution in [1.29, 1.82) is 0 Å². The summed E-state index contributed by atoms with van der Waals surface area (Å²) in [5.41, 5.74) is 0. The number of carbonyl (C=O) groups is 1. The van der Waals surface area contributed by atoms with E-state index in [1.165, 1.54) is 37.3 Å². The summed E-state index contributed by atoms with van der Waals surface area (Å²) in [6.45, 7) is 4.12. The van der Waals surface area contributed by atoms with E-state index in [4.69, 9.17) is 0 Å². The Bertz CT molecular complexity index is 304. The van der Waals surface area contributed by atoms with E-state index in [1.54, 1.807) is 0 Å². The van der Waals surface area contributed by atoms with Gasteiger partial charge in [-0.25, -0.2) is 0 Å². The third kappa shape index (κ3) is 3.04. The number of nitrogens with zero attached hydrogens (tertiary/aromatic N) is 1. The molecule has 0 unspecified atom stereocenters. The van der Waals surface area contributed by atoms with Crippen LogP contribution in [0, 0.1) is 0 Å². The van der Waals surface area contributed by atoms with Crippen molar-refractivity contribution in [2.24, 2.45) is 0 Å². The maximum Gasteiger partial charge on any atom is 0.261 e. The minimum absolute atomic E-state index is 0.0594. The molecule has 3 nitrogen and oxygen atoms in total. The van der Waals surface area contributed by atoms with Gasteiger partial charge in [-0.2, -0.15) is 0 Å². The van der Waals surface area contributed by atoms with Crippen molar-refractivity contribution >= 4 is 17.2 Å². The fourth-order valence-electron chi connectivity index (χ4n) is 1.83. The molecule has 1 aromatic heterocycles. The maximum atomic E-state index is 11.6. The quantitative estimate of drug-likeness (QED) is 0.842. The predicted molar refractivity (Wildman–Crippen MR) is 62.3 cm³/mol. The topological polar surface area (TPSA) is 32.3 Å². The standard InChI is InChI=1S/C11H16N2OS/c14-11(10-4-3-9-15-10)12-5-8-13-6-1-2-7-13/h3-4,9H,1-2,5-8H2,(H,12,14). The van der Waals surface area contributed by atoms with Gasteiger partial charge in [0.2, 0.25) is 0 Å². The first-order valence-corrected chi connectivity index (χ1v) is 6.28. The first kappa shape index (κ1) is 10.6. The normalized spacial score (nSPS) is 16.8. The second-order valence-corrected chi connectivity index (χ2v) is 4.73. The van der Waals surface area contributed by atoms with E-state index < -0.39 is 0 Å². The molecular formula is C11H16N2OS. The van der Waals surface area contributed by atoms with Crippen LogP contribution >= 0.6 is 11.3 Å². The van der Waals surface area contributed by atoms with Crippen LogP contribution in [-0.2, 0) is 0 Å². The molecule has 1 amide bonds. The Kier molecular flexibility index (Phi) is 3.75. The maximum absolute atomic E-state index is 11.6. The Morgan fingerprint density at radius 3 is 2.93 bits per heavy atom. The fraction of sp³-hybridized carbons (Fsp3) is 0.545. The van der Waals surface area contributed by atoms with Gasteiger partial charge in [-0.05, 0) is 37.4 Å². The van der Waals surface area contributed by atoms with Crippen LogP contribution in [-0.4, -0.2) is 37.0 Å². The van der Waals surface area contributed by atoms with E-state index in [2.05, 4.69) is 10.2 Å². The van der Waals surface area contributed by atoms with Crippen LogP contribution in [0.4, 0.5) is 0 Å². The molecule has 4 heteroatoms. The lowest BCUT2D eigenvalue weighted by molar-refractivity contribution is 0.0954. The number of likely N-dealkylation sites (tertiary alicyclic amines) is 1. The summed E-state index contributed by atoms with van der Waals surface area (Å²) in [4.78, 5) is 14.8. The first-order valence-electron chi connectivity index (χ1n) is 5.40. The van der Waals surface area contributed by atoms with E-state index in [1.807, 2.05) is 17.5 Å². The highest BCUT2D eigenvalue weighted by atomic mass is 32.1. The molecule has 0 atom stereocenters. The molecular weight excluding hydrogens is 208 g/mol. The molecule has 0 radical (unpaired) electrons. The SMILES string of the molecule is O=C(NCCN1CCCC1)c1cccs1. The molecule has 1 N–H and O–H groups in total. The molecule has 1 aliphatic rings. The number of rotatable bonds is 4. The van der Waals surface area contributed by atoms with E-state index in [0.29, 0.717) is 0 Å². The monoisotopic (exact) mass is 224 g/mol. The minimum atomic E-state index is 0.0594. The van der Waals surface area contributed by atoms with Gasteiger partial charge in [0.25, 0.3) is 5.91 Å². The van der Waals surface area contributed by atoms with Crippen LogP contribution in [0.1, 0.15) is 22.5 Å². The van der Waals surface area contributed by atoms with Crippen molar-refractivity contribution in [2.75, 3.05) is 26.2 Å². The molecule has 0 bridgehead atoms. The molecule has 0 aliphatic carbocycles. The lowest BCUT2D eigenvalue weighted by atomic mass is 10.4.